The van der Waals surface area contributed by atoms with Gasteiger partial charge >= 0.3 is 0 Å². The van der Waals surface area contributed by atoms with Gasteiger partial charge in [-0.1, -0.05) is 17.4 Å². The van der Waals surface area contributed by atoms with Gasteiger partial charge in [0.1, 0.15) is 5.01 Å². The molecule has 1 N–H and O–H groups in total. The number of sulfonamides is 1. The second-order valence-corrected chi connectivity index (χ2v) is 7.82. The van der Waals surface area contributed by atoms with Gasteiger partial charge in [-0.2, -0.15) is 9.61 Å². The highest BCUT2D eigenvalue weighted by Gasteiger charge is 2.16. The zero-order valence-corrected chi connectivity index (χ0v) is 14.0. The number of hydrogen-bond donors (Lipinski definition) is 1. The Morgan fingerprint density at radius 1 is 1.18 bits per heavy atom. The smallest absolute Gasteiger partial charge is 0.207 e. The molecule has 0 spiro atoms. The summed E-state index contributed by atoms with van der Waals surface area (Å²) < 4.78 is 28.8. The molecule has 2 aromatic heterocycles. The number of aryl methyl sites for hydroxylation is 3. The molecule has 3 rings (SSSR count). The molecule has 2 heterocycles. The first kappa shape index (κ1) is 15.1. The first-order valence-electron chi connectivity index (χ1n) is 6.61. The molecule has 116 valence electrons. The van der Waals surface area contributed by atoms with Crippen molar-refractivity contribution >= 4 is 26.3 Å². The van der Waals surface area contributed by atoms with E-state index >= 15 is 0 Å². The van der Waals surface area contributed by atoms with Gasteiger partial charge in [-0.05, 0) is 44.0 Å². The van der Waals surface area contributed by atoms with Gasteiger partial charge in [-0.15, -0.1) is 10.2 Å². The van der Waals surface area contributed by atoms with E-state index < -0.39 is 10.0 Å². The Morgan fingerprint density at radius 3 is 2.64 bits per heavy atom. The highest BCUT2D eigenvalue weighted by Crippen LogP contribution is 2.17. The molecule has 0 aliphatic heterocycles. The van der Waals surface area contributed by atoms with E-state index in [1.165, 1.54) is 11.3 Å². The molecular weight excluding hydrogens is 322 g/mol. The summed E-state index contributed by atoms with van der Waals surface area (Å²) in [7, 11) is -3.56. The Balaban J connectivity index is 1.80. The fourth-order valence-electron chi connectivity index (χ4n) is 1.95. The molecular formula is C13H15N5O2S2. The summed E-state index contributed by atoms with van der Waals surface area (Å²) in [5.41, 5.74) is 2.00. The summed E-state index contributed by atoms with van der Waals surface area (Å²) >= 11 is 1.31. The van der Waals surface area contributed by atoms with Crippen molar-refractivity contribution in [1.82, 2.24) is 24.5 Å². The van der Waals surface area contributed by atoms with Crippen LogP contribution in [-0.4, -0.2) is 28.2 Å². The second kappa shape index (κ2) is 5.41. The molecule has 0 atom stereocenters. The van der Waals surface area contributed by atoms with E-state index in [0.717, 1.165) is 11.1 Å². The van der Waals surface area contributed by atoms with E-state index in [4.69, 9.17) is 0 Å². The Bertz CT molecular complexity index is 943. The van der Waals surface area contributed by atoms with Crippen molar-refractivity contribution in [2.45, 2.75) is 32.2 Å². The summed E-state index contributed by atoms with van der Waals surface area (Å²) in [5.74, 6) is 0.675. The largest absolute Gasteiger partial charge is 0.240 e. The van der Waals surface area contributed by atoms with Crippen LogP contribution in [0.15, 0.2) is 23.1 Å². The quantitative estimate of drug-likeness (QED) is 0.781. The van der Waals surface area contributed by atoms with Crippen molar-refractivity contribution in [3.8, 4) is 0 Å². The van der Waals surface area contributed by atoms with Gasteiger partial charge in [0.2, 0.25) is 15.0 Å². The number of nitrogens with one attached hydrogen (secondary N) is 1. The van der Waals surface area contributed by atoms with E-state index in [1.807, 2.05) is 13.8 Å². The van der Waals surface area contributed by atoms with Gasteiger partial charge in [-0.3, -0.25) is 0 Å². The van der Waals surface area contributed by atoms with Crippen LogP contribution < -0.4 is 4.72 Å². The lowest BCUT2D eigenvalue weighted by Crippen LogP contribution is -2.23. The van der Waals surface area contributed by atoms with Crippen molar-refractivity contribution in [1.29, 1.82) is 0 Å². The molecule has 0 saturated carbocycles. The topological polar surface area (TPSA) is 89.2 Å². The molecule has 0 bridgehead atoms. The van der Waals surface area contributed by atoms with Crippen LogP contribution in [0.2, 0.25) is 0 Å². The fourth-order valence-corrected chi connectivity index (χ4v) is 3.93. The van der Waals surface area contributed by atoms with Crippen molar-refractivity contribution in [2.75, 3.05) is 0 Å². The maximum Gasteiger partial charge on any atom is 0.240 e. The molecule has 0 radical (unpaired) electrons. The van der Waals surface area contributed by atoms with Crippen LogP contribution >= 0.6 is 11.3 Å². The minimum Gasteiger partial charge on any atom is -0.207 e. The minimum atomic E-state index is -3.56. The van der Waals surface area contributed by atoms with Crippen molar-refractivity contribution < 1.29 is 8.42 Å². The number of nitrogens with zero attached hydrogens (tertiary/aromatic N) is 4. The highest BCUT2D eigenvalue weighted by molar-refractivity contribution is 7.89. The maximum atomic E-state index is 12.3. The van der Waals surface area contributed by atoms with E-state index in [1.54, 1.807) is 29.6 Å². The van der Waals surface area contributed by atoms with Crippen LogP contribution in [-0.2, 0) is 16.6 Å². The van der Waals surface area contributed by atoms with Crippen molar-refractivity contribution in [3.63, 3.8) is 0 Å². The Hall–Kier alpha value is -1.84. The monoisotopic (exact) mass is 337 g/mol. The summed E-state index contributed by atoms with van der Waals surface area (Å²) in [6.07, 6.45) is 0. The highest BCUT2D eigenvalue weighted by atomic mass is 32.2. The third-order valence-electron chi connectivity index (χ3n) is 3.39. The van der Waals surface area contributed by atoms with Crippen LogP contribution in [0.25, 0.3) is 4.96 Å². The second-order valence-electron chi connectivity index (χ2n) is 5.01. The van der Waals surface area contributed by atoms with Gasteiger partial charge in [0.15, 0.2) is 5.82 Å². The van der Waals surface area contributed by atoms with E-state index in [2.05, 4.69) is 20.0 Å². The average Bonchev–Trinajstić information content (AvgIpc) is 3.02. The van der Waals surface area contributed by atoms with E-state index in [9.17, 15) is 8.42 Å². The third kappa shape index (κ3) is 2.74. The molecule has 7 nitrogen and oxygen atoms in total. The fraction of sp³-hybridized carbons (Fsp3) is 0.308. The average molecular weight is 337 g/mol. The molecule has 3 aromatic rings. The summed E-state index contributed by atoms with van der Waals surface area (Å²) in [6, 6.07) is 5.07. The molecule has 9 heteroatoms. The lowest BCUT2D eigenvalue weighted by molar-refractivity contribution is 0.580. The zero-order chi connectivity index (χ0) is 15.9. The molecule has 1 aromatic carbocycles. The predicted octanol–water partition coefficient (Wildman–Crippen LogP) is 1.59. The molecule has 0 fully saturated rings. The van der Waals surface area contributed by atoms with E-state index in [-0.39, 0.29) is 11.4 Å². The standard InChI is InChI=1S/C13H15N5O2S2/c1-8-4-5-11(6-9(8)2)22(19,20)14-7-12-17-18-10(3)15-16-13(18)21-12/h4-6,14H,7H2,1-3H3. The minimum absolute atomic E-state index is 0.128. The first-order chi connectivity index (χ1) is 10.4. The third-order valence-corrected chi connectivity index (χ3v) is 5.69. The van der Waals surface area contributed by atoms with Gasteiger partial charge in [0.25, 0.3) is 0 Å². The van der Waals surface area contributed by atoms with Crippen LogP contribution in [0, 0.1) is 20.8 Å². The zero-order valence-electron chi connectivity index (χ0n) is 12.4. The summed E-state index contributed by atoms with van der Waals surface area (Å²) in [5, 5.41) is 12.8. The maximum absolute atomic E-state index is 12.3. The number of benzene rings is 1. The lowest BCUT2D eigenvalue weighted by Gasteiger charge is -2.07. The summed E-state index contributed by atoms with van der Waals surface area (Å²) in [4.78, 5) is 0.910. The lowest BCUT2D eigenvalue weighted by atomic mass is 10.1. The van der Waals surface area contributed by atoms with Gasteiger partial charge < -0.3 is 0 Å². The number of aromatic nitrogens is 4. The van der Waals surface area contributed by atoms with Gasteiger partial charge in [0, 0.05) is 0 Å². The van der Waals surface area contributed by atoms with Gasteiger partial charge in [-0.25, -0.2) is 13.1 Å². The van der Waals surface area contributed by atoms with Crippen LogP contribution in [0.1, 0.15) is 22.0 Å². The SMILES string of the molecule is Cc1ccc(S(=O)(=O)NCc2nn3c(C)nnc3s2)cc1C. The molecule has 0 saturated heterocycles. The summed E-state index contributed by atoms with van der Waals surface area (Å²) in [6.45, 7) is 5.76. The Labute approximate surface area is 132 Å². The number of hydrogen-bond acceptors (Lipinski definition) is 6. The van der Waals surface area contributed by atoms with E-state index in [0.29, 0.717) is 15.8 Å². The molecule has 0 amide bonds. The molecule has 0 unspecified atom stereocenters. The van der Waals surface area contributed by atoms with Crippen LogP contribution in [0.4, 0.5) is 0 Å². The normalized spacial score (nSPS) is 12.1. The Kier molecular flexibility index (Phi) is 3.71. The molecule has 22 heavy (non-hydrogen) atoms. The molecule has 0 aliphatic rings. The van der Waals surface area contributed by atoms with Crippen molar-refractivity contribution in [3.05, 3.63) is 40.2 Å². The predicted molar refractivity (Wildman–Crippen MR) is 83.3 cm³/mol. The number of rotatable bonds is 4. The van der Waals surface area contributed by atoms with Crippen molar-refractivity contribution in [2.24, 2.45) is 0 Å². The van der Waals surface area contributed by atoms with Crippen LogP contribution in [0.5, 0.6) is 0 Å². The van der Waals surface area contributed by atoms with Crippen LogP contribution in [0.3, 0.4) is 0 Å². The van der Waals surface area contributed by atoms with Gasteiger partial charge in [0.05, 0.1) is 11.4 Å². The first-order valence-corrected chi connectivity index (χ1v) is 8.91. The Morgan fingerprint density at radius 2 is 1.95 bits per heavy atom. The molecule has 0 aliphatic carbocycles. The number of fused-ring (bicyclic) bond motifs is 1.